The molecule has 2 aliphatic rings. The van der Waals surface area contributed by atoms with Gasteiger partial charge in [-0.2, -0.15) is 4.98 Å². The summed E-state index contributed by atoms with van der Waals surface area (Å²) in [6.07, 6.45) is 5.71. The van der Waals surface area contributed by atoms with E-state index in [4.69, 9.17) is 15.0 Å². The molecule has 0 amide bonds. The molecule has 0 radical (unpaired) electrons. The molecule has 5 nitrogen and oxygen atoms in total. The molecule has 0 aromatic carbocycles. The van der Waals surface area contributed by atoms with Gasteiger partial charge < -0.3 is 15.0 Å². The van der Waals surface area contributed by atoms with Crippen LogP contribution in [0, 0.1) is 0 Å². The van der Waals surface area contributed by atoms with Crippen molar-refractivity contribution in [1.82, 2.24) is 10.1 Å². The lowest BCUT2D eigenvalue weighted by atomic mass is 10.3. The second kappa shape index (κ2) is 4.14. The van der Waals surface area contributed by atoms with Gasteiger partial charge in [-0.25, -0.2) is 0 Å². The normalized spacial score (nSPS) is 29.8. The van der Waals surface area contributed by atoms with Crippen LogP contribution < -0.4 is 5.73 Å². The van der Waals surface area contributed by atoms with E-state index in [9.17, 15) is 0 Å². The Hall–Kier alpha value is -0.940. The van der Waals surface area contributed by atoms with Crippen LogP contribution in [0.1, 0.15) is 49.7 Å². The van der Waals surface area contributed by atoms with Crippen LogP contribution in [-0.4, -0.2) is 22.3 Å². The summed E-state index contributed by atoms with van der Waals surface area (Å²) in [5.74, 6) is 1.99. The number of ether oxygens (including phenoxy) is 1. The van der Waals surface area contributed by atoms with E-state index in [1.54, 1.807) is 0 Å². The van der Waals surface area contributed by atoms with E-state index in [1.165, 1.54) is 12.8 Å². The topological polar surface area (TPSA) is 74.2 Å². The Morgan fingerprint density at radius 1 is 1.31 bits per heavy atom. The number of hydrogen-bond donors (Lipinski definition) is 1. The maximum absolute atomic E-state index is 5.81. The first-order valence-corrected chi connectivity index (χ1v) is 6.01. The van der Waals surface area contributed by atoms with E-state index in [1.807, 2.05) is 0 Å². The fraction of sp³-hybridized carbons (Fsp3) is 0.818. The fourth-order valence-corrected chi connectivity index (χ4v) is 2.15. The molecule has 0 spiro atoms. The minimum atomic E-state index is 0.270. The van der Waals surface area contributed by atoms with Crippen molar-refractivity contribution >= 4 is 0 Å². The fourth-order valence-electron chi connectivity index (χ4n) is 2.15. The number of nitrogens with zero attached hydrogens (tertiary/aromatic N) is 2. The Morgan fingerprint density at radius 2 is 2.19 bits per heavy atom. The Morgan fingerprint density at radius 3 is 2.88 bits per heavy atom. The maximum Gasteiger partial charge on any atom is 0.252 e. The van der Waals surface area contributed by atoms with Crippen LogP contribution in [0.25, 0.3) is 0 Å². The van der Waals surface area contributed by atoms with Gasteiger partial charge >= 0.3 is 0 Å². The second-order valence-corrected chi connectivity index (χ2v) is 4.83. The summed E-state index contributed by atoms with van der Waals surface area (Å²) < 4.78 is 10.8. The predicted octanol–water partition coefficient (Wildman–Crippen LogP) is 1.34. The quantitative estimate of drug-likeness (QED) is 0.833. The molecule has 5 heteroatoms. The molecule has 16 heavy (non-hydrogen) atoms. The molecule has 0 aliphatic heterocycles. The standard InChI is InChI=1S/C11H17N3O2/c12-8-3-4-9(5-8)15-6-10-13-11(14-16-10)7-1-2-7/h7-9H,1-6,12H2. The van der Waals surface area contributed by atoms with Crippen LogP contribution in [0.2, 0.25) is 0 Å². The van der Waals surface area contributed by atoms with E-state index in [-0.39, 0.29) is 6.10 Å². The largest absolute Gasteiger partial charge is 0.368 e. The molecule has 2 fully saturated rings. The molecule has 2 atom stereocenters. The lowest BCUT2D eigenvalue weighted by Gasteiger charge is -2.08. The third-order valence-electron chi connectivity index (χ3n) is 3.29. The molecule has 1 aromatic rings. The van der Waals surface area contributed by atoms with Gasteiger partial charge in [-0.15, -0.1) is 0 Å². The molecule has 0 saturated heterocycles. The Labute approximate surface area is 94.3 Å². The highest BCUT2D eigenvalue weighted by molar-refractivity contribution is 5.03. The van der Waals surface area contributed by atoms with Crippen molar-refractivity contribution in [1.29, 1.82) is 0 Å². The molecule has 2 N–H and O–H groups in total. The Bertz CT molecular complexity index is 362. The highest BCUT2D eigenvalue weighted by Crippen LogP contribution is 2.38. The summed E-state index contributed by atoms with van der Waals surface area (Å²) in [5.41, 5.74) is 5.81. The predicted molar refractivity (Wildman–Crippen MR) is 56.7 cm³/mol. The van der Waals surface area contributed by atoms with Crippen molar-refractivity contribution in [3.63, 3.8) is 0 Å². The summed E-state index contributed by atoms with van der Waals surface area (Å²) in [4.78, 5) is 4.32. The van der Waals surface area contributed by atoms with Gasteiger partial charge in [0.1, 0.15) is 6.61 Å². The average Bonchev–Trinajstić information content (AvgIpc) is 2.87. The third-order valence-corrected chi connectivity index (χ3v) is 3.29. The van der Waals surface area contributed by atoms with Crippen molar-refractivity contribution in [2.75, 3.05) is 0 Å². The molecule has 3 rings (SSSR count). The third kappa shape index (κ3) is 2.25. The van der Waals surface area contributed by atoms with Gasteiger partial charge in [0, 0.05) is 12.0 Å². The minimum absolute atomic E-state index is 0.270. The lowest BCUT2D eigenvalue weighted by Crippen LogP contribution is -2.17. The van der Waals surface area contributed by atoms with E-state index >= 15 is 0 Å². The van der Waals surface area contributed by atoms with Crippen molar-refractivity contribution in [2.45, 2.75) is 56.8 Å². The summed E-state index contributed by atoms with van der Waals surface area (Å²) >= 11 is 0. The zero-order chi connectivity index (χ0) is 11.0. The van der Waals surface area contributed by atoms with Crippen LogP contribution in [0.3, 0.4) is 0 Å². The van der Waals surface area contributed by atoms with Gasteiger partial charge in [-0.1, -0.05) is 5.16 Å². The summed E-state index contributed by atoms with van der Waals surface area (Å²) in [6.45, 7) is 0.428. The SMILES string of the molecule is NC1CCC(OCc2nc(C3CC3)no2)C1. The maximum atomic E-state index is 5.81. The molecular formula is C11H17N3O2. The molecule has 2 unspecified atom stereocenters. The van der Waals surface area contributed by atoms with Crippen molar-refractivity contribution < 1.29 is 9.26 Å². The van der Waals surface area contributed by atoms with E-state index in [2.05, 4.69) is 10.1 Å². The van der Waals surface area contributed by atoms with Crippen LogP contribution in [-0.2, 0) is 11.3 Å². The molecular weight excluding hydrogens is 206 g/mol. The molecule has 1 heterocycles. The van der Waals surface area contributed by atoms with Gasteiger partial charge in [-0.05, 0) is 32.1 Å². The van der Waals surface area contributed by atoms with Crippen molar-refractivity contribution in [3.05, 3.63) is 11.7 Å². The first-order chi connectivity index (χ1) is 7.81. The van der Waals surface area contributed by atoms with Crippen LogP contribution >= 0.6 is 0 Å². The number of rotatable bonds is 4. The molecule has 1 aromatic heterocycles. The summed E-state index contributed by atoms with van der Waals surface area (Å²) in [6, 6.07) is 0.301. The summed E-state index contributed by atoms with van der Waals surface area (Å²) in [7, 11) is 0. The molecule has 0 bridgehead atoms. The number of hydrogen-bond acceptors (Lipinski definition) is 5. The zero-order valence-corrected chi connectivity index (χ0v) is 9.26. The van der Waals surface area contributed by atoms with Gasteiger partial charge in [0.05, 0.1) is 6.10 Å². The highest BCUT2D eigenvalue weighted by atomic mass is 16.5. The van der Waals surface area contributed by atoms with Gasteiger partial charge in [0.25, 0.3) is 5.89 Å². The van der Waals surface area contributed by atoms with Crippen LogP contribution in [0.5, 0.6) is 0 Å². The Balaban J connectivity index is 1.50. The van der Waals surface area contributed by atoms with E-state index in [0.717, 1.165) is 25.1 Å². The highest BCUT2D eigenvalue weighted by Gasteiger charge is 2.29. The van der Waals surface area contributed by atoms with E-state index in [0.29, 0.717) is 24.5 Å². The number of aromatic nitrogens is 2. The lowest BCUT2D eigenvalue weighted by molar-refractivity contribution is 0.0298. The summed E-state index contributed by atoms with van der Waals surface area (Å²) in [5, 5.41) is 3.95. The monoisotopic (exact) mass is 223 g/mol. The second-order valence-electron chi connectivity index (χ2n) is 4.83. The average molecular weight is 223 g/mol. The van der Waals surface area contributed by atoms with Crippen LogP contribution in [0.4, 0.5) is 0 Å². The molecule has 2 saturated carbocycles. The minimum Gasteiger partial charge on any atom is -0.368 e. The van der Waals surface area contributed by atoms with E-state index < -0.39 is 0 Å². The van der Waals surface area contributed by atoms with Crippen LogP contribution in [0.15, 0.2) is 4.52 Å². The van der Waals surface area contributed by atoms with Crippen molar-refractivity contribution in [3.8, 4) is 0 Å². The molecule has 2 aliphatic carbocycles. The first-order valence-electron chi connectivity index (χ1n) is 6.01. The number of nitrogens with two attached hydrogens (primary N) is 1. The molecule has 88 valence electrons. The first kappa shape index (κ1) is 10.2. The van der Waals surface area contributed by atoms with Gasteiger partial charge in [0.2, 0.25) is 0 Å². The van der Waals surface area contributed by atoms with Crippen molar-refractivity contribution in [2.24, 2.45) is 5.73 Å². The van der Waals surface area contributed by atoms with Gasteiger partial charge in [0.15, 0.2) is 5.82 Å². The zero-order valence-electron chi connectivity index (χ0n) is 9.26. The van der Waals surface area contributed by atoms with Gasteiger partial charge in [-0.3, -0.25) is 0 Å². The Kier molecular flexibility index (Phi) is 2.65. The smallest absolute Gasteiger partial charge is 0.252 e.